The largest absolute Gasteiger partial charge is 0.475 e. The maximum atomic E-state index is 12.4. The van der Waals surface area contributed by atoms with Crippen molar-refractivity contribution >= 4 is 17.7 Å². The van der Waals surface area contributed by atoms with E-state index in [2.05, 4.69) is 15.6 Å². The molecule has 0 radical (unpaired) electrons. The summed E-state index contributed by atoms with van der Waals surface area (Å²) in [6, 6.07) is 3.41. The Bertz CT molecular complexity index is 601. The van der Waals surface area contributed by atoms with Gasteiger partial charge in [-0.2, -0.15) is 0 Å². The molecule has 0 atom stereocenters. The maximum absolute atomic E-state index is 12.4. The van der Waals surface area contributed by atoms with Crippen LogP contribution >= 0.6 is 0 Å². The number of anilines is 1. The third kappa shape index (κ3) is 5.11. The summed E-state index contributed by atoms with van der Waals surface area (Å²) in [5.41, 5.74) is -0.948. The number of nitrogens with zero attached hydrogens (tertiary/aromatic N) is 1. The summed E-state index contributed by atoms with van der Waals surface area (Å²) in [6.07, 6.45) is 2.14. The second-order valence-electron chi connectivity index (χ2n) is 7.21. The van der Waals surface area contributed by atoms with E-state index in [0.29, 0.717) is 24.4 Å². The van der Waals surface area contributed by atoms with Crippen molar-refractivity contribution in [2.45, 2.75) is 64.7 Å². The van der Waals surface area contributed by atoms with Crippen LogP contribution < -0.4 is 15.4 Å². The van der Waals surface area contributed by atoms with Crippen LogP contribution in [0, 0.1) is 0 Å². The second-order valence-corrected chi connectivity index (χ2v) is 7.21. The van der Waals surface area contributed by atoms with Crippen LogP contribution in [0.15, 0.2) is 18.3 Å². The highest BCUT2D eigenvalue weighted by atomic mass is 16.6. The third-order valence-electron chi connectivity index (χ3n) is 3.28. The molecule has 1 fully saturated rings. The number of aromatic nitrogens is 1. The highest BCUT2D eigenvalue weighted by Crippen LogP contribution is 2.37. The predicted octanol–water partition coefficient (Wildman–Crippen LogP) is 2.86. The van der Waals surface area contributed by atoms with Gasteiger partial charge < -0.3 is 20.1 Å². The van der Waals surface area contributed by atoms with Crippen LogP contribution in [0.3, 0.4) is 0 Å². The molecule has 1 aromatic rings. The number of pyridine rings is 1. The quantitative estimate of drug-likeness (QED) is 0.863. The second kappa shape index (κ2) is 6.67. The molecular weight excluding hydrogens is 310 g/mol. The Kier molecular flexibility index (Phi) is 5.01. The van der Waals surface area contributed by atoms with Crippen LogP contribution in [0.4, 0.5) is 10.5 Å². The van der Waals surface area contributed by atoms with E-state index >= 15 is 0 Å². The number of alkyl carbamates (subject to hydrolysis) is 1. The molecule has 1 aliphatic rings. The highest BCUT2D eigenvalue weighted by molar-refractivity contribution is 6.02. The summed E-state index contributed by atoms with van der Waals surface area (Å²) in [4.78, 5) is 28.4. The first kappa shape index (κ1) is 18.0. The van der Waals surface area contributed by atoms with Crippen LogP contribution in [-0.4, -0.2) is 34.2 Å². The molecule has 24 heavy (non-hydrogen) atoms. The van der Waals surface area contributed by atoms with E-state index in [1.165, 1.54) is 6.20 Å². The highest BCUT2D eigenvalue weighted by Gasteiger charge is 2.52. The van der Waals surface area contributed by atoms with Crippen molar-refractivity contribution in [3.05, 3.63) is 18.3 Å². The molecular formula is C17H25N3O4. The van der Waals surface area contributed by atoms with Crippen molar-refractivity contribution < 1.29 is 19.1 Å². The number of rotatable bonds is 5. The molecule has 2 rings (SSSR count). The molecule has 0 saturated heterocycles. The fourth-order valence-electron chi connectivity index (χ4n) is 2.05. The van der Waals surface area contributed by atoms with E-state index < -0.39 is 17.2 Å². The molecule has 1 aromatic heterocycles. The minimum Gasteiger partial charge on any atom is -0.475 e. The number of carbonyl (C=O) groups is 2. The van der Waals surface area contributed by atoms with Crippen molar-refractivity contribution in [2.24, 2.45) is 0 Å². The number of ether oxygens (including phenoxy) is 2. The minimum atomic E-state index is -0.893. The average molecular weight is 335 g/mol. The van der Waals surface area contributed by atoms with E-state index in [1.54, 1.807) is 32.9 Å². The Morgan fingerprint density at radius 3 is 2.38 bits per heavy atom. The lowest BCUT2D eigenvalue weighted by molar-refractivity contribution is -0.119. The van der Waals surface area contributed by atoms with Gasteiger partial charge in [0.05, 0.1) is 18.0 Å². The number of hydrogen-bond acceptors (Lipinski definition) is 5. The third-order valence-corrected chi connectivity index (χ3v) is 3.28. The van der Waals surface area contributed by atoms with Gasteiger partial charge in [-0.25, -0.2) is 9.78 Å². The lowest BCUT2D eigenvalue weighted by atomic mass is 10.2. The number of hydrogen-bond donors (Lipinski definition) is 2. The summed E-state index contributed by atoms with van der Waals surface area (Å²) in [5, 5.41) is 5.43. The Hall–Kier alpha value is -2.31. The molecule has 7 heteroatoms. The first-order valence-electron chi connectivity index (χ1n) is 8.05. The first-order chi connectivity index (χ1) is 11.1. The predicted molar refractivity (Wildman–Crippen MR) is 90.0 cm³/mol. The maximum Gasteiger partial charge on any atom is 0.408 e. The molecule has 2 N–H and O–H groups in total. The van der Waals surface area contributed by atoms with Gasteiger partial charge in [-0.1, -0.05) is 0 Å². The number of nitrogens with one attached hydrogen (secondary N) is 2. The summed E-state index contributed by atoms with van der Waals surface area (Å²) in [7, 11) is 0. The molecule has 0 unspecified atom stereocenters. The van der Waals surface area contributed by atoms with Gasteiger partial charge in [0, 0.05) is 6.07 Å². The van der Waals surface area contributed by atoms with E-state index in [0.717, 1.165) is 0 Å². The van der Waals surface area contributed by atoms with Gasteiger partial charge in [0.1, 0.15) is 11.1 Å². The molecule has 0 aromatic carbocycles. The van der Waals surface area contributed by atoms with Crippen molar-refractivity contribution in [2.75, 3.05) is 5.32 Å². The van der Waals surface area contributed by atoms with Gasteiger partial charge in [0.25, 0.3) is 0 Å². The van der Waals surface area contributed by atoms with Gasteiger partial charge in [0.2, 0.25) is 11.8 Å². The van der Waals surface area contributed by atoms with Gasteiger partial charge >= 0.3 is 6.09 Å². The van der Waals surface area contributed by atoms with E-state index in [9.17, 15) is 9.59 Å². The van der Waals surface area contributed by atoms with E-state index in [4.69, 9.17) is 9.47 Å². The molecule has 7 nitrogen and oxygen atoms in total. The standard InChI is InChI=1S/C17H25N3O4/c1-11(2)23-13-7-6-12(10-18-13)19-14(21)17(8-9-17)20-15(22)24-16(3,4)5/h6-7,10-11H,8-9H2,1-5H3,(H,19,21)(H,20,22). The Morgan fingerprint density at radius 2 is 1.92 bits per heavy atom. The zero-order chi connectivity index (χ0) is 18.0. The normalized spacial score (nSPS) is 15.6. The molecule has 0 aliphatic heterocycles. The summed E-state index contributed by atoms with van der Waals surface area (Å²) >= 11 is 0. The molecule has 2 amide bonds. The van der Waals surface area contributed by atoms with Crippen LogP contribution in [0.1, 0.15) is 47.5 Å². The molecule has 0 bridgehead atoms. The zero-order valence-electron chi connectivity index (χ0n) is 14.8. The zero-order valence-corrected chi connectivity index (χ0v) is 14.8. The fourth-order valence-corrected chi connectivity index (χ4v) is 2.05. The summed E-state index contributed by atoms with van der Waals surface area (Å²) in [6.45, 7) is 9.16. The first-order valence-corrected chi connectivity index (χ1v) is 8.05. The van der Waals surface area contributed by atoms with Crippen molar-refractivity contribution in [3.63, 3.8) is 0 Å². The topological polar surface area (TPSA) is 89.6 Å². The average Bonchev–Trinajstić information content (AvgIpc) is 3.19. The van der Waals surface area contributed by atoms with Gasteiger partial charge in [-0.3, -0.25) is 4.79 Å². The Morgan fingerprint density at radius 1 is 1.25 bits per heavy atom. The van der Waals surface area contributed by atoms with Crippen molar-refractivity contribution in [1.82, 2.24) is 10.3 Å². The lowest BCUT2D eigenvalue weighted by Gasteiger charge is -2.23. The number of amides is 2. The molecule has 0 spiro atoms. The van der Waals surface area contributed by atoms with E-state index in [-0.39, 0.29) is 12.0 Å². The molecule has 132 valence electrons. The van der Waals surface area contributed by atoms with Crippen LogP contribution in [0.25, 0.3) is 0 Å². The van der Waals surface area contributed by atoms with Crippen LogP contribution in [0.2, 0.25) is 0 Å². The van der Waals surface area contributed by atoms with Crippen molar-refractivity contribution in [1.29, 1.82) is 0 Å². The monoisotopic (exact) mass is 335 g/mol. The van der Waals surface area contributed by atoms with E-state index in [1.807, 2.05) is 13.8 Å². The molecule has 1 heterocycles. The van der Waals surface area contributed by atoms with Crippen molar-refractivity contribution in [3.8, 4) is 5.88 Å². The van der Waals surface area contributed by atoms with Crippen LogP contribution in [0.5, 0.6) is 5.88 Å². The lowest BCUT2D eigenvalue weighted by Crippen LogP contribution is -2.47. The summed E-state index contributed by atoms with van der Waals surface area (Å²) < 4.78 is 10.7. The number of carbonyl (C=O) groups excluding carboxylic acids is 2. The van der Waals surface area contributed by atoms with Gasteiger partial charge in [-0.15, -0.1) is 0 Å². The van der Waals surface area contributed by atoms with Crippen LogP contribution in [-0.2, 0) is 9.53 Å². The Balaban J connectivity index is 1.93. The molecule has 1 aliphatic carbocycles. The van der Waals surface area contributed by atoms with Gasteiger partial charge in [-0.05, 0) is 53.5 Å². The van der Waals surface area contributed by atoms with Gasteiger partial charge in [0.15, 0.2) is 0 Å². The Labute approximate surface area is 142 Å². The smallest absolute Gasteiger partial charge is 0.408 e. The SMILES string of the molecule is CC(C)Oc1ccc(NC(=O)C2(NC(=O)OC(C)(C)C)CC2)cn1. The summed E-state index contributed by atoms with van der Waals surface area (Å²) in [5.74, 6) is 0.226. The fraction of sp³-hybridized carbons (Fsp3) is 0.588. The minimum absolute atomic E-state index is 0.0331. The molecule has 1 saturated carbocycles.